The molecule has 2 amide bonds. The molecular formula is C21H32BrN3O4. The van der Waals surface area contributed by atoms with Gasteiger partial charge >= 0.3 is 6.09 Å². The molecule has 0 bridgehead atoms. The van der Waals surface area contributed by atoms with Crippen LogP contribution in [0.4, 0.5) is 4.79 Å². The number of nitrogens with zero attached hydrogens (tertiary/aromatic N) is 1. The Hall–Kier alpha value is -1.80. The molecule has 7 nitrogen and oxygen atoms in total. The number of ether oxygens (including phenoxy) is 2. The smallest absolute Gasteiger partial charge is 0.407 e. The Morgan fingerprint density at radius 1 is 1.17 bits per heavy atom. The van der Waals surface area contributed by atoms with E-state index >= 15 is 0 Å². The summed E-state index contributed by atoms with van der Waals surface area (Å²) in [7, 11) is 0. The summed E-state index contributed by atoms with van der Waals surface area (Å²) in [6, 6.07) is 7.77. The van der Waals surface area contributed by atoms with Gasteiger partial charge in [-0.1, -0.05) is 15.9 Å². The van der Waals surface area contributed by atoms with Crippen LogP contribution in [0.25, 0.3) is 0 Å². The van der Waals surface area contributed by atoms with Crippen molar-refractivity contribution in [3.63, 3.8) is 0 Å². The van der Waals surface area contributed by atoms with Crippen molar-refractivity contribution in [3.05, 3.63) is 28.7 Å². The molecule has 0 aromatic heterocycles. The first kappa shape index (κ1) is 23.5. The Bertz CT molecular complexity index is 661. The quantitative estimate of drug-likeness (QED) is 0.571. The van der Waals surface area contributed by atoms with Gasteiger partial charge < -0.3 is 20.1 Å². The number of likely N-dealkylation sites (tertiary alicyclic amines) is 1. The molecule has 1 aliphatic heterocycles. The fourth-order valence-electron chi connectivity index (χ4n) is 3.10. The first-order valence-electron chi connectivity index (χ1n) is 10.1. The lowest BCUT2D eigenvalue weighted by Gasteiger charge is -2.31. The lowest BCUT2D eigenvalue weighted by Crippen LogP contribution is -2.45. The Balaban J connectivity index is 1.62. The highest BCUT2D eigenvalue weighted by molar-refractivity contribution is 9.10. The van der Waals surface area contributed by atoms with E-state index < -0.39 is 11.7 Å². The molecule has 2 N–H and O–H groups in total. The molecule has 0 radical (unpaired) electrons. The second kappa shape index (κ2) is 11.4. The fourth-order valence-corrected chi connectivity index (χ4v) is 3.37. The Kier molecular flexibility index (Phi) is 9.23. The number of hydrogen-bond acceptors (Lipinski definition) is 5. The van der Waals surface area contributed by atoms with E-state index in [1.165, 1.54) is 0 Å². The molecule has 8 heteroatoms. The first-order valence-corrected chi connectivity index (χ1v) is 10.9. The number of benzene rings is 1. The summed E-state index contributed by atoms with van der Waals surface area (Å²) in [5, 5.41) is 5.55. The number of alkyl carbamates (subject to hydrolysis) is 1. The van der Waals surface area contributed by atoms with Crippen molar-refractivity contribution in [2.24, 2.45) is 5.92 Å². The van der Waals surface area contributed by atoms with Crippen molar-refractivity contribution in [1.82, 2.24) is 15.5 Å². The molecule has 1 aliphatic rings. The van der Waals surface area contributed by atoms with E-state index in [0.717, 1.165) is 42.7 Å². The van der Waals surface area contributed by atoms with Crippen LogP contribution in [-0.2, 0) is 9.53 Å². The second-order valence-electron chi connectivity index (χ2n) is 8.16. The maximum Gasteiger partial charge on any atom is 0.407 e. The largest absolute Gasteiger partial charge is 0.492 e. The van der Waals surface area contributed by atoms with Gasteiger partial charge in [-0.05, 0) is 64.4 Å². The highest BCUT2D eigenvalue weighted by Crippen LogP contribution is 2.18. The van der Waals surface area contributed by atoms with Gasteiger partial charge in [0.05, 0.1) is 5.92 Å². The van der Waals surface area contributed by atoms with Gasteiger partial charge in [0, 0.05) is 30.7 Å². The van der Waals surface area contributed by atoms with E-state index in [2.05, 4.69) is 31.5 Å². The van der Waals surface area contributed by atoms with Crippen molar-refractivity contribution < 1.29 is 19.1 Å². The number of carbonyl (C=O) groups is 2. The predicted octanol–water partition coefficient (Wildman–Crippen LogP) is 3.18. The number of nitrogens with one attached hydrogen (secondary N) is 2. The van der Waals surface area contributed by atoms with E-state index in [1.807, 2.05) is 45.0 Å². The number of amides is 2. The van der Waals surface area contributed by atoms with E-state index in [4.69, 9.17) is 9.47 Å². The standard InChI is InChI=1S/C21H32BrN3O4/c1-21(2,3)29-20(27)24-11-10-23-19(26)16-5-4-12-25(15-16)13-14-28-18-8-6-17(22)7-9-18/h6-9,16H,4-5,10-15H2,1-3H3,(H,23,26)(H,24,27). The molecule has 1 aromatic carbocycles. The molecule has 1 saturated heterocycles. The van der Waals surface area contributed by atoms with Gasteiger partial charge in [0.1, 0.15) is 18.0 Å². The Morgan fingerprint density at radius 2 is 1.86 bits per heavy atom. The summed E-state index contributed by atoms with van der Waals surface area (Å²) in [5.41, 5.74) is -0.528. The Morgan fingerprint density at radius 3 is 2.55 bits per heavy atom. The molecule has 0 saturated carbocycles. The summed E-state index contributed by atoms with van der Waals surface area (Å²) >= 11 is 3.41. The lowest BCUT2D eigenvalue weighted by molar-refractivity contribution is -0.126. The molecular weight excluding hydrogens is 438 g/mol. The van der Waals surface area contributed by atoms with Crippen LogP contribution in [-0.4, -0.2) is 61.8 Å². The number of hydrogen-bond donors (Lipinski definition) is 2. The molecule has 162 valence electrons. The third-order valence-electron chi connectivity index (χ3n) is 4.46. The summed E-state index contributed by atoms with van der Waals surface area (Å²) in [5.74, 6) is 0.851. The SMILES string of the molecule is CC(C)(C)OC(=O)NCCNC(=O)C1CCCN(CCOc2ccc(Br)cc2)C1. The molecule has 1 unspecified atom stereocenters. The van der Waals surface area contributed by atoms with E-state index in [0.29, 0.717) is 19.7 Å². The minimum atomic E-state index is -0.528. The van der Waals surface area contributed by atoms with Gasteiger partial charge in [0.2, 0.25) is 5.91 Å². The van der Waals surface area contributed by atoms with Gasteiger partial charge in [-0.3, -0.25) is 9.69 Å². The minimum absolute atomic E-state index is 0.0297. The zero-order valence-electron chi connectivity index (χ0n) is 17.5. The van der Waals surface area contributed by atoms with E-state index in [9.17, 15) is 9.59 Å². The van der Waals surface area contributed by atoms with Gasteiger partial charge in [0.15, 0.2) is 0 Å². The molecule has 1 heterocycles. The van der Waals surface area contributed by atoms with Crippen molar-refractivity contribution in [2.75, 3.05) is 39.3 Å². The van der Waals surface area contributed by atoms with Crippen LogP contribution in [0.3, 0.4) is 0 Å². The van der Waals surface area contributed by atoms with Gasteiger partial charge in [-0.25, -0.2) is 4.79 Å². The van der Waals surface area contributed by atoms with E-state index in [1.54, 1.807) is 0 Å². The van der Waals surface area contributed by atoms with Gasteiger partial charge in [0.25, 0.3) is 0 Å². The summed E-state index contributed by atoms with van der Waals surface area (Å²) in [6.45, 7) is 9.27. The topological polar surface area (TPSA) is 79.9 Å². The monoisotopic (exact) mass is 469 g/mol. The van der Waals surface area contributed by atoms with Crippen LogP contribution in [0.5, 0.6) is 5.75 Å². The van der Waals surface area contributed by atoms with Crippen LogP contribution in [0, 0.1) is 5.92 Å². The number of halogens is 1. The molecule has 2 rings (SSSR count). The van der Waals surface area contributed by atoms with Crippen molar-refractivity contribution in [1.29, 1.82) is 0 Å². The predicted molar refractivity (Wildman–Crippen MR) is 116 cm³/mol. The molecule has 1 fully saturated rings. The summed E-state index contributed by atoms with van der Waals surface area (Å²) in [6.07, 6.45) is 1.41. The van der Waals surface area contributed by atoms with Gasteiger partial charge in [-0.2, -0.15) is 0 Å². The van der Waals surface area contributed by atoms with Crippen molar-refractivity contribution in [2.45, 2.75) is 39.2 Å². The molecule has 0 spiro atoms. The maximum atomic E-state index is 12.4. The highest BCUT2D eigenvalue weighted by atomic mass is 79.9. The zero-order chi connectivity index (χ0) is 21.3. The highest BCUT2D eigenvalue weighted by Gasteiger charge is 2.25. The summed E-state index contributed by atoms with van der Waals surface area (Å²) in [4.78, 5) is 26.3. The van der Waals surface area contributed by atoms with Crippen LogP contribution < -0.4 is 15.4 Å². The fraction of sp³-hybridized carbons (Fsp3) is 0.619. The molecule has 0 aliphatic carbocycles. The first-order chi connectivity index (χ1) is 13.7. The third-order valence-corrected chi connectivity index (χ3v) is 4.99. The lowest BCUT2D eigenvalue weighted by atomic mass is 9.97. The zero-order valence-corrected chi connectivity index (χ0v) is 19.1. The van der Waals surface area contributed by atoms with Crippen LogP contribution in [0.2, 0.25) is 0 Å². The van der Waals surface area contributed by atoms with Crippen LogP contribution >= 0.6 is 15.9 Å². The van der Waals surface area contributed by atoms with Crippen LogP contribution in [0.1, 0.15) is 33.6 Å². The molecule has 1 aromatic rings. The Labute approximate surface area is 181 Å². The van der Waals surface area contributed by atoms with Gasteiger partial charge in [-0.15, -0.1) is 0 Å². The van der Waals surface area contributed by atoms with Crippen molar-refractivity contribution in [3.8, 4) is 5.75 Å². The minimum Gasteiger partial charge on any atom is -0.492 e. The third kappa shape index (κ3) is 9.49. The summed E-state index contributed by atoms with van der Waals surface area (Å²) < 4.78 is 12.0. The number of carbonyl (C=O) groups excluding carboxylic acids is 2. The average molecular weight is 470 g/mol. The average Bonchev–Trinajstić information content (AvgIpc) is 2.65. The second-order valence-corrected chi connectivity index (χ2v) is 9.08. The maximum absolute atomic E-state index is 12.4. The number of rotatable bonds is 8. The normalized spacial score (nSPS) is 17.4. The molecule has 29 heavy (non-hydrogen) atoms. The van der Waals surface area contributed by atoms with E-state index in [-0.39, 0.29) is 11.8 Å². The van der Waals surface area contributed by atoms with Crippen LogP contribution in [0.15, 0.2) is 28.7 Å². The number of piperidine rings is 1. The van der Waals surface area contributed by atoms with Crippen molar-refractivity contribution >= 4 is 27.9 Å². The molecule has 1 atom stereocenters.